The third-order valence-corrected chi connectivity index (χ3v) is 7.88. The molecule has 1 saturated heterocycles. The number of hydrogen-bond acceptors (Lipinski definition) is 7. The molecule has 1 N–H and O–H groups in total. The van der Waals surface area contributed by atoms with Crippen LogP contribution in [0.2, 0.25) is 0 Å². The minimum absolute atomic E-state index is 0.0179. The monoisotopic (exact) mass is 503 g/mol. The van der Waals surface area contributed by atoms with Gasteiger partial charge in [0.1, 0.15) is 37.0 Å². The zero-order chi connectivity index (χ0) is 25.0. The highest BCUT2D eigenvalue weighted by Gasteiger charge is 2.58. The molecule has 2 aromatic carbocycles. The van der Waals surface area contributed by atoms with Gasteiger partial charge in [0.25, 0.3) is 5.56 Å². The minimum Gasteiger partial charge on any atom is -0.453 e. The van der Waals surface area contributed by atoms with E-state index in [1.165, 1.54) is 31.6 Å². The second kappa shape index (κ2) is 8.17. The number of rotatable bonds is 6. The number of alkyl halides is 1. The van der Waals surface area contributed by atoms with Crippen LogP contribution in [0.1, 0.15) is 18.4 Å². The van der Waals surface area contributed by atoms with Crippen LogP contribution in [0.25, 0.3) is 10.9 Å². The highest BCUT2D eigenvalue weighted by atomic mass is 32.2. The number of nitrogens with zero attached hydrogens (tertiary/aromatic N) is 4. The van der Waals surface area contributed by atoms with Crippen molar-refractivity contribution in [3.63, 3.8) is 0 Å². The second-order valence-corrected chi connectivity index (χ2v) is 10.2. The number of hydrogen-bond donors (Lipinski definition) is 1. The smallest absolute Gasteiger partial charge is 0.301 e. The maximum atomic E-state index is 14.7. The molecule has 5 rings (SSSR count). The van der Waals surface area contributed by atoms with Crippen molar-refractivity contribution in [1.82, 2.24) is 14.0 Å². The Bertz CT molecular complexity index is 1550. The topological polar surface area (TPSA) is 127 Å². The maximum Gasteiger partial charge on any atom is 0.301 e. The summed E-state index contributed by atoms with van der Waals surface area (Å²) in [6, 6.07) is 8.04. The van der Waals surface area contributed by atoms with Gasteiger partial charge < -0.3 is 9.57 Å². The average Bonchev–Trinajstić information content (AvgIpc) is 2.79. The Balaban J connectivity index is 1.44. The van der Waals surface area contributed by atoms with Crippen LogP contribution in [0.5, 0.6) is 11.5 Å². The lowest BCUT2D eigenvalue weighted by molar-refractivity contribution is -0.0889. The number of nitrogens with one attached hydrogen (secondary N) is 1. The lowest BCUT2D eigenvalue weighted by Gasteiger charge is -2.56. The molecule has 1 saturated carbocycles. The van der Waals surface area contributed by atoms with Crippen molar-refractivity contribution < 1.29 is 26.8 Å². The van der Waals surface area contributed by atoms with E-state index in [4.69, 9.17) is 9.57 Å². The predicted octanol–water partition coefficient (Wildman–Crippen LogP) is 2.35. The molecule has 1 aliphatic carbocycles. The lowest BCUT2D eigenvalue weighted by atomic mass is 9.63. The van der Waals surface area contributed by atoms with Crippen molar-refractivity contribution >= 4 is 26.8 Å². The molecule has 1 atom stereocenters. The summed E-state index contributed by atoms with van der Waals surface area (Å²) in [6.07, 6.45) is 1.21. The fraction of sp³-hybridized carbons (Fsp3) is 0.318. The van der Waals surface area contributed by atoms with Crippen LogP contribution in [-0.4, -0.2) is 48.8 Å². The Hall–Kier alpha value is -3.76. The van der Waals surface area contributed by atoms with E-state index in [-0.39, 0.29) is 29.9 Å². The number of halogens is 2. The fourth-order valence-electron chi connectivity index (χ4n) is 4.30. The van der Waals surface area contributed by atoms with Crippen LogP contribution in [0, 0.1) is 22.6 Å². The van der Waals surface area contributed by atoms with Crippen LogP contribution in [0.15, 0.2) is 41.5 Å². The molecule has 0 radical (unpaired) electrons. The minimum atomic E-state index is -4.10. The van der Waals surface area contributed by atoms with Crippen molar-refractivity contribution in [2.75, 3.05) is 24.9 Å². The molecule has 13 heteroatoms. The summed E-state index contributed by atoms with van der Waals surface area (Å²) in [5.74, 6) is -1.42. The van der Waals surface area contributed by atoms with Crippen LogP contribution in [-0.2, 0) is 10.2 Å². The van der Waals surface area contributed by atoms with Crippen molar-refractivity contribution in [3.05, 3.63) is 58.4 Å². The third-order valence-electron chi connectivity index (χ3n) is 6.46. The third kappa shape index (κ3) is 3.75. The van der Waals surface area contributed by atoms with E-state index >= 15 is 0 Å². The van der Waals surface area contributed by atoms with Gasteiger partial charge in [-0.15, -0.1) is 4.73 Å². The first-order valence-corrected chi connectivity index (χ1v) is 12.0. The van der Waals surface area contributed by atoms with Gasteiger partial charge in [0, 0.05) is 18.5 Å². The molecule has 1 aromatic heterocycles. The van der Waals surface area contributed by atoms with E-state index < -0.39 is 44.5 Å². The molecule has 182 valence electrons. The summed E-state index contributed by atoms with van der Waals surface area (Å²) in [5, 5.41) is 9.80. The van der Waals surface area contributed by atoms with Crippen LogP contribution < -0.4 is 19.9 Å². The zero-order valence-corrected chi connectivity index (χ0v) is 19.2. The molecule has 0 amide bonds. The molecule has 0 bridgehead atoms. The Morgan fingerprint density at radius 1 is 1.29 bits per heavy atom. The van der Waals surface area contributed by atoms with Crippen LogP contribution >= 0.6 is 0 Å². The lowest BCUT2D eigenvalue weighted by Crippen LogP contribution is -2.67. The summed E-state index contributed by atoms with van der Waals surface area (Å²) in [5.41, 5.74) is -1.40. The maximum absolute atomic E-state index is 14.7. The first kappa shape index (κ1) is 23.0. The predicted molar refractivity (Wildman–Crippen MR) is 120 cm³/mol. The van der Waals surface area contributed by atoms with Crippen LogP contribution in [0.3, 0.4) is 0 Å². The average molecular weight is 503 g/mol. The largest absolute Gasteiger partial charge is 0.453 e. The number of fused-ring (bicyclic) bond motifs is 1. The molecule has 2 aliphatic rings. The van der Waals surface area contributed by atoms with Gasteiger partial charge in [0.2, 0.25) is 0 Å². The Morgan fingerprint density at radius 2 is 2.06 bits per heavy atom. The van der Waals surface area contributed by atoms with Gasteiger partial charge in [0.05, 0.1) is 16.6 Å². The van der Waals surface area contributed by atoms with Gasteiger partial charge in [-0.3, -0.25) is 9.52 Å². The second-order valence-electron chi connectivity index (χ2n) is 8.49. The van der Waals surface area contributed by atoms with E-state index in [0.29, 0.717) is 18.4 Å². The van der Waals surface area contributed by atoms with Crippen molar-refractivity contribution in [1.29, 1.82) is 5.26 Å². The quantitative estimate of drug-likeness (QED) is 0.547. The molecular formula is C22H19F2N5O5S. The highest BCUT2D eigenvalue weighted by Crippen LogP contribution is 2.51. The van der Waals surface area contributed by atoms with Gasteiger partial charge in [-0.1, -0.05) is 0 Å². The molecule has 2 fully saturated rings. The molecule has 2 heterocycles. The summed E-state index contributed by atoms with van der Waals surface area (Å²) in [6.45, 7) is 0.0835. The first-order valence-electron chi connectivity index (χ1n) is 10.6. The number of ether oxygens (including phenoxy) is 1. The summed E-state index contributed by atoms with van der Waals surface area (Å²) < 4.78 is 63.9. The van der Waals surface area contributed by atoms with Gasteiger partial charge in [-0.25, -0.2) is 13.8 Å². The standard InChI is InChI=1S/C22H19F2N5O5S/c1-33-29-12-26-17-4-2-13(8-14(17)21(29)30)34-20-15(9-25)18(5-3-16(20)23)27-35(31,32)28-10-22(11-28)7-6-19(22)24/h2-5,8,12,19,27H,6-7,10-11H2,1H3. The molecule has 1 spiro atoms. The molecule has 1 unspecified atom stereocenters. The highest BCUT2D eigenvalue weighted by molar-refractivity contribution is 7.90. The van der Waals surface area contributed by atoms with Crippen LogP contribution in [0.4, 0.5) is 14.5 Å². The molecule has 35 heavy (non-hydrogen) atoms. The van der Waals surface area contributed by atoms with Crippen molar-refractivity contribution in [2.24, 2.45) is 5.41 Å². The normalized spacial score (nSPS) is 19.0. The fourth-order valence-corrected chi connectivity index (χ4v) is 5.73. The van der Waals surface area contributed by atoms with Crippen molar-refractivity contribution in [3.8, 4) is 17.6 Å². The number of benzene rings is 2. The van der Waals surface area contributed by atoms with Gasteiger partial charge in [-0.2, -0.15) is 18.0 Å². The SMILES string of the molecule is COn1cnc2ccc(Oc3c(F)ccc(NS(=O)(=O)N4CC5(CCC5F)C4)c3C#N)cc2c1=O. The Labute approximate surface area is 198 Å². The Kier molecular flexibility index (Phi) is 5.37. The van der Waals surface area contributed by atoms with E-state index in [9.17, 15) is 27.3 Å². The van der Waals surface area contributed by atoms with E-state index in [0.717, 1.165) is 21.2 Å². The van der Waals surface area contributed by atoms with Crippen molar-refractivity contribution in [2.45, 2.75) is 19.0 Å². The van der Waals surface area contributed by atoms with E-state index in [1.807, 2.05) is 0 Å². The molecule has 1 aliphatic heterocycles. The Morgan fingerprint density at radius 3 is 2.69 bits per heavy atom. The first-order chi connectivity index (χ1) is 16.7. The van der Waals surface area contributed by atoms with E-state index in [1.54, 1.807) is 6.07 Å². The molecular weight excluding hydrogens is 484 g/mol. The summed E-state index contributed by atoms with van der Waals surface area (Å²) >= 11 is 0. The molecule has 3 aromatic rings. The van der Waals surface area contributed by atoms with Gasteiger partial charge in [-0.05, 0) is 43.2 Å². The summed E-state index contributed by atoms with van der Waals surface area (Å²) in [4.78, 5) is 21.4. The van der Waals surface area contributed by atoms with Gasteiger partial charge >= 0.3 is 10.2 Å². The van der Waals surface area contributed by atoms with Gasteiger partial charge in [0.15, 0.2) is 11.6 Å². The van der Waals surface area contributed by atoms with E-state index in [2.05, 4.69) is 9.71 Å². The number of anilines is 1. The molecule has 10 nitrogen and oxygen atoms in total. The summed E-state index contributed by atoms with van der Waals surface area (Å²) in [7, 11) is -2.81. The number of aromatic nitrogens is 2. The number of nitriles is 1. The zero-order valence-electron chi connectivity index (χ0n) is 18.4.